The Bertz CT molecular complexity index is 529. The number of hydrogen-bond acceptors (Lipinski definition) is 3. The van der Waals surface area contributed by atoms with E-state index < -0.39 is 5.41 Å². The zero-order chi connectivity index (χ0) is 16.2. The molecule has 2 rings (SSSR count). The number of carbonyl (C=O) groups is 1. The van der Waals surface area contributed by atoms with Crippen molar-refractivity contribution in [2.75, 3.05) is 13.7 Å². The van der Waals surface area contributed by atoms with Crippen LogP contribution in [0.3, 0.4) is 0 Å². The van der Waals surface area contributed by atoms with Crippen LogP contribution in [0.25, 0.3) is 0 Å². The lowest BCUT2D eigenvalue weighted by Crippen LogP contribution is -2.45. The van der Waals surface area contributed by atoms with Gasteiger partial charge in [0.05, 0.1) is 23.1 Å². The van der Waals surface area contributed by atoms with Crippen LogP contribution >= 0.6 is 27.5 Å². The summed E-state index contributed by atoms with van der Waals surface area (Å²) in [5.74, 6) is -0.134. The van der Waals surface area contributed by atoms with Gasteiger partial charge in [-0.05, 0) is 52.9 Å². The number of halogens is 2. The largest absolute Gasteiger partial charge is 0.465 e. The zero-order valence-corrected chi connectivity index (χ0v) is 15.4. The quantitative estimate of drug-likeness (QED) is 0.468. The van der Waals surface area contributed by atoms with Crippen molar-refractivity contribution < 1.29 is 14.3 Å². The van der Waals surface area contributed by atoms with Crippen molar-refractivity contribution in [3.8, 4) is 0 Å². The summed E-state index contributed by atoms with van der Waals surface area (Å²) in [4.78, 5) is 12.6. The minimum atomic E-state index is -0.560. The topological polar surface area (TPSA) is 35.5 Å². The molecule has 0 aliphatic heterocycles. The molecule has 1 fully saturated rings. The number of benzene rings is 1. The molecule has 1 aromatic carbocycles. The summed E-state index contributed by atoms with van der Waals surface area (Å²) in [5.41, 5.74) is 0.390. The lowest BCUT2D eigenvalue weighted by Gasteiger charge is -2.44. The average molecular weight is 390 g/mol. The highest BCUT2D eigenvalue weighted by Crippen LogP contribution is 2.53. The number of methoxy groups -OCH3 is 1. The fourth-order valence-corrected chi connectivity index (χ4v) is 3.45. The Morgan fingerprint density at radius 3 is 2.68 bits per heavy atom. The van der Waals surface area contributed by atoms with E-state index in [0.29, 0.717) is 11.6 Å². The molecule has 0 heterocycles. The van der Waals surface area contributed by atoms with E-state index >= 15 is 0 Å². The number of rotatable bonds is 7. The Kier molecular flexibility index (Phi) is 6.30. The summed E-state index contributed by atoms with van der Waals surface area (Å²) in [6.45, 7) is 2.56. The average Bonchev–Trinajstić information content (AvgIpc) is 2.46. The van der Waals surface area contributed by atoms with Crippen molar-refractivity contribution >= 4 is 33.5 Å². The highest BCUT2D eigenvalue weighted by Gasteiger charge is 2.52. The first kappa shape index (κ1) is 17.8. The summed E-state index contributed by atoms with van der Waals surface area (Å²) in [6.07, 6.45) is 4.23. The van der Waals surface area contributed by atoms with Gasteiger partial charge in [-0.1, -0.05) is 37.4 Å². The standard InChI is InChI=1S/C17H22BrClO3/c1-3-4-10-22-16(20)17(8-5-9-17)15(21-2)12-6-7-14(19)13(18)11-12/h6-7,11,15H,3-5,8-10H2,1-2H3. The molecule has 0 spiro atoms. The maximum atomic E-state index is 12.6. The normalized spacial score (nSPS) is 17.6. The van der Waals surface area contributed by atoms with Crippen molar-refractivity contribution in [2.45, 2.75) is 45.1 Å². The molecule has 1 aliphatic rings. The van der Waals surface area contributed by atoms with Crippen LogP contribution in [-0.4, -0.2) is 19.7 Å². The molecule has 1 aliphatic carbocycles. The monoisotopic (exact) mass is 388 g/mol. The molecular formula is C17H22BrClO3. The molecule has 1 aromatic rings. The van der Waals surface area contributed by atoms with E-state index in [1.165, 1.54) is 0 Å². The molecular weight excluding hydrogens is 368 g/mol. The third-order valence-electron chi connectivity index (χ3n) is 4.37. The second kappa shape index (κ2) is 7.80. The summed E-state index contributed by atoms with van der Waals surface area (Å²) < 4.78 is 12.0. The molecule has 22 heavy (non-hydrogen) atoms. The molecule has 5 heteroatoms. The van der Waals surface area contributed by atoms with Crippen LogP contribution in [0.5, 0.6) is 0 Å². The molecule has 3 nitrogen and oxygen atoms in total. The third kappa shape index (κ3) is 3.50. The van der Waals surface area contributed by atoms with Crippen molar-refractivity contribution in [2.24, 2.45) is 5.41 Å². The lowest BCUT2D eigenvalue weighted by atomic mass is 9.63. The summed E-state index contributed by atoms with van der Waals surface area (Å²) in [7, 11) is 1.65. The molecule has 1 atom stereocenters. The number of unbranched alkanes of at least 4 members (excludes halogenated alkanes) is 1. The van der Waals surface area contributed by atoms with E-state index in [-0.39, 0.29) is 12.1 Å². The second-order valence-electron chi connectivity index (χ2n) is 5.79. The highest BCUT2D eigenvalue weighted by atomic mass is 79.9. The fraction of sp³-hybridized carbons (Fsp3) is 0.588. The van der Waals surface area contributed by atoms with Gasteiger partial charge in [-0.25, -0.2) is 0 Å². The maximum absolute atomic E-state index is 12.6. The van der Waals surface area contributed by atoms with Crippen LogP contribution in [-0.2, 0) is 14.3 Å². The molecule has 1 unspecified atom stereocenters. The van der Waals surface area contributed by atoms with Crippen molar-refractivity contribution in [1.29, 1.82) is 0 Å². The van der Waals surface area contributed by atoms with Gasteiger partial charge in [0.25, 0.3) is 0 Å². The smallest absolute Gasteiger partial charge is 0.315 e. The highest BCUT2D eigenvalue weighted by molar-refractivity contribution is 9.10. The number of hydrogen-bond donors (Lipinski definition) is 0. The van der Waals surface area contributed by atoms with Crippen LogP contribution in [0.4, 0.5) is 0 Å². The molecule has 0 bridgehead atoms. The molecule has 1 saturated carbocycles. The first-order valence-corrected chi connectivity index (χ1v) is 8.87. The third-order valence-corrected chi connectivity index (χ3v) is 5.58. The summed E-state index contributed by atoms with van der Waals surface area (Å²) in [5, 5.41) is 0.645. The zero-order valence-electron chi connectivity index (χ0n) is 13.0. The van der Waals surface area contributed by atoms with Gasteiger partial charge in [0.2, 0.25) is 0 Å². The van der Waals surface area contributed by atoms with E-state index in [9.17, 15) is 4.79 Å². The van der Waals surface area contributed by atoms with Crippen LogP contribution in [0, 0.1) is 5.41 Å². The van der Waals surface area contributed by atoms with Gasteiger partial charge in [-0.3, -0.25) is 4.79 Å². The first-order valence-electron chi connectivity index (χ1n) is 7.70. The lowest BCUT2D eigenvalue weighted by molar-refractivity contribution is -0.176. The number of esters is 1. The Balaban J connectivity index is 2.22. The second-order valence-corrected chi connectivity index (χ2v) is 7.05. The van der Waals surface area contributed by atoms with Gasteiger partial charge in [-0.15, -0.1) is 0 Å². The minimum Gasteiger partial charge on any atom is -0.465 e. The van der Waals surface area contributed by atoms with Gasteiger partial charge in [0, 0.05) is 11.6 Å². The number of ether oxygens (including phenoxy) is 2. The Morgan fingerprint density at radius 2 is 2.18 bits per heavy atom. The van der Waals surface area contributed by atoms with Crippen molar-refractivity contribution in [1.82, 2.24) is 0 Å². The minimum absolute atomic E-state index is 0.134. The van der Waals surface area contributed by atoms with Crippen molar-refractivity contribution in [3.63, 3.8) is 0 Å². The molecule has 0 amide bonds. The maximum Gasteiger partial charge on any atom is 0.315 e. The van der Waals surface area contributed by atoms with Crippen LogP contribution in [0.15, 0.2) is 22.7 Å². The predicted molar refractivity (Wildman–Crippen MR) is 91.1 cm³/mol. The van der Waals surface area contributed by atoms with E-state index in [1.54, 1.807) is 7.11 Å². The van der Waals surface area contributed by atoms with Gasteiger partial charge in [0.1, 0.15) is 0 Å². The van der Waals surface area contributed by atoms with Crippen LogP contribution in [0.1, 0.15) is 50.7 Å². The molecule has 0 aromatic heterocycles. The van der Waals surface area contributed by atoms with Crippen LogP contribution in [0.2, 0.25) is 5.02 Å². The molecule has 0 radical (unpaired) electrons. The van der Waals surface area contributed by atoms with E-state index in [1.807, 2.05) is 18.2 Å². The predicted octanol–water partition coefficient (Wildman–Crippen LogP) is 5.30. The van der Waals surface area contributed by atoms with Gasteiger partial charge in [-0.2, -0.15) is 0 Å². The van der Waals surface area contributed by atoms with E-state index in [4.69, 9.17) is 21.1 Å². The summed E-state index contributed by atoms with van der Waals surface area (Å²) >= 11 is 9.49. The Labute approximate surface area is 145 Å². The summed E-state index contributed by atoms with van der Waals surface area (Å²) in [6, 6.07) is 5.67. The van der Waals surface area contributed by atoms with Crippen molar-refractivity contribution in [3.05, 3.63) is 33.3 Å². The Morgan fingerprint density at radius 1 is 1.45 bits per heavy atom. The van der Waals surface area contributed by atoms with E-state index in [2.05, 4.69) is 22.9 Å². The van der Waals surface area contributed by atoms with Gasteiger partial charge < -0.3 is 9.47 Å². The molecule has 0 N–H and O–H groups in total. The van der Waals surface area contributed by atoms with Gasteiger partial charge >= 0.3 is 5.97 Å². The molecule has 122 valence electrons. The van der Waals surface area contributed by atoms with Crippen LogP contribution < -0.4 is 0 Å². The number of carbonyl (C=O) groups excluding carboxylic acids is 1. The molecule has 0 saturated heterocycles. The SMILES string of the molecule is CCCCOC(=O)C1(C(OC)c2ccc(Cl)c(Br)c2)CCC1. The Hall–Kier alpha value is -0.580. The first-order chi connectivity index (χ1) is 10.5. The van der Waals surface area contributed by atoms with Gasteiger partial charge in [0.15, 0.2) is 0 Å². The fourth-order valence-electron chi connectivity index (χ4n) is 2.94. The van der Waals surface area contributed by atoms with E-state index in [0.717, 1.165) is 42.1 Å².